The van der Waals surface area contributed by atoms with Gasteiger partial charge in [0.1, 0.15) is 11.6 Å². The molecule has 126 valence electrons. The van der Waals surface area contributed by atoms with Crippen molar-refractivity contribution >= 4 is 5.82 Å². The first-order valence-electron chi connectivity index (χ1n) is 8.22. The highest BCUT2D eigenvalue weighted by molar-refractivity contribution is 5.56. The maximum absolute atomic E-state index is 12.1. The van der Waals surface area contributed by atoms with Crippen LogP contribution >= 0.6 is 0 Å². The van der Waals surface area contributed by atoms with E-state index in [2.05, 4.69) is 25.0 Å². The van der Waals surface area contributed by atoms with Gasteiger partial charge in [-0.15, -0.1) is 0 Å². The quantitative estimate of drug-likeness (QED) is 0.720. The Morgan fingerprint density at radius 1 is 1.16 bits per heavy atom. The second-order valence-corrected chi connectivity index (χ2v) is 6.21. The largest absolute Gasteiger partial charge is 0.356 e. The number of anilines is 1. The van der Waals surface area contributed by atoms with Gasteiger partial charge in [0.2, 0.25) is 0 Å². The van der Waals surface area contributed by atoms with Gasteiger partial charge in [-0.3, -0.25) is 9.78 Å². The Kier molecular flexibility index (Phi) is 3.97. The van der Waals surface area contributed by atoms with Crippen LogP contribution in [0.3, 0.4) is 0 Å². The third kappa shape index (κ3) is 3.26. The molecule has 0 spiro atoms. The molecule has 0 aliphatic carbocycles. The van der Waals surface area contributed by atoms with Crippen LogP contribution in [0.2, 0.25) is 0 Å². The zero-order valence-corrected chi connectivity index (χ0v) is 13.9. The van der Waals surface area contributed by atoms with E-state index < -0.39 is 0 Å². The van der Waals surface area contributed by atoms with Crippen molar-refractivity contribution in [1.82, 2.24) is 24.7 Å². The predicted octanol–water partition coefficient (Wildman–Crippen LogP) is 1.54. The fourth-order valence-corrected chi connectivity index (χ4v) is 2.98. The Labute approximate surface area is 145 Å². The summed E-state index contributed by atoms with van der Waals surface area (Å²) in [6.07, 6.45) is 5.24. The van der Waals surface area contributed by atoms with Crippen LogP contribution < -0.4 is 10.5 Å². The third-order valence-electron chi connectivity index (χ3n) is 4.30. The van der Waals surface area contributed by atoms with Gasteiger partial charge in [0.15, 0.2) is 0 Å². The van der Waals surface area contributed by atoms with E-state index in [1.807, 2.05) is 25.1 Å². The minimum Gasteiger partial charge on any atom is -0.356 e. The van der Waals surface area contributed by atoms with E-state index in [0.717, 1.165) is 36.0 Å². The van der Waals surface area contributed by atoms with Crippen molar-refractivity contribution in [2.75, 3.05) is 18.0 Å². The van der Waals surface area contributed by atoms with E-state index in [4.69, 9.17) is 0 Å². The lowest BCUT2D eigenvalue weighted by molar-refractivity contribution is 0.333. The van der Waals surface area contributed by atoms with Gasteiger partial charge < -0.3 is 4.90 Å². The Balaban J connectivity index is 1.46. The molecule has 0 bridgehead atoms. The molecule has 0 aromatic carbocycles. The maximum atomic E-state index is 12.1. The molecule has 4 heterocycles. The summed E-state index contributed by atoms with van der Waals surface area (Å²) in [7, 11) is 0. The lowest BCUT2D eigenvalue weighted by atomic mass is 10.0. The van der Waals surface area contributed by atoms with Crippen LogP contribution in [0.25, 0.3) is 11.3 Å². The molecule has 1 aliphatic heterocycles. The standard InChI is InChI=1S/C18H18N6O/c1-13-20-8-6-17(21-13)23-10-14(11-23)12-24-18(25)5-4-16(22-24)15-3-2-7-19-9-15/h2-9,14H,10-12H2,1H3. The zero-order valence-electron chi connectivity index (χ0n) is 13.9. The number of aromatic nitrogens is 5. The highest BCUT2D eigenvalue weighted by Crippen LogP contribution is 2.23. The van der Waals surface area contributed by atoms with Gasteiger partial charge in [-0.2, -0.15) is 5.10 Å². The van der Waals surface area contributed by atoms with Gasteiger partial charge in [0, 0.05) is 49.2 Å². The maximum Gasteiger partial charge on any atom is 0.266 e. The van der Waals surface area contributed by atoms with Crippen molar-refractivity contribution in [1.29, 1.82) is 0 Å². The molecule has 1 fully saturated rings. The molecule has 0 saturated carbocycles. The Morgan fingerprint density at radius 2 is 2.04 bits per heavy atom. The molecule has 7 nitrogen and oxygen atoms in total. The first kappa shape index (κ1) is 15.4. The summed E-state index contributed by atoms with van der Waals surface area (Å²) in [5.74, 6) is 2.08. The van der Waals surface area contributed by atoms with Crippen molar-refractivity contribution in [2.45, 2.75) is 13.5 Å². The summed E-state index contributed by atoms with van der Waals surface area (Å²) >= 11 is 0. The molecule has 25 heavy (non-hydrogen) atoms. The summed E-state index contributed by atoms with van der Waals surface area (Å²) in [5, 5.41) is 4.50. The van der Waals surface area contributed by atoms with Crippen LogP contribution in [0.5, 0.6) is 0 Å². The van der Waals surface area contributed by atoms with E-state index in [1.165, 1.54) is 0 Å². The fraction of sp³-hybridized carbons (Fsp3) is 0.278. The first-order valence-corrected chi connectivity index (χ1v) is 8.22. The van der Waals surface area contributed by atoms with E-state index in [9.17, 15) is 4.79 Å². The zero-order chi connectivity index (χ0) is 17.2. The molecule has 1 saturated heterocycles. The summed E-state index contributed by atoms with van der Waals surface area (Å²) in [4.78, 5) is 27.0. The van der Waals surface area contributed by atoms with Gasteiger partial charge in [0.25, 0.3) is 5.56 Å². The lowest BCUT2D eigenvalue weighted by Gasteiger charge is -2.40. The van der Waals surface area contributed by atoms with Gasteiger partial charge in [-0.1, -0.05) is 0 Å². The highest BCUT2D eigenvalue weighted by Gasteiger charge is 2.28. The molecule has 0 radical (unpaired) electrons. The van der Waals surface area contributed by atoms with Gasteiger partial charge in [-0.25, -0.2) is 14.6 Å². The lowest BCUT2D eigenvalue weighted by Crippen LogP contribution is -2.50. The van der Waals surface area contributed by atoms with Crippen molar-refractivity contribution in [3.63, 3.8) is 0 Å². The molecule has 0 amide bonds. The van der Waals surface area contributed by atoms with Gasteiger partial charge >= 0.3 is 0 Å². The average Bonchev–Trinajstić information content (AvgIpc) is 2.60. The molecule has 7 heteroatoms. The fourth-order valence-electron chi connectivity index (χ4n) is 2.98. The van der Waals surface area contributed by atoms with Crippen molar-refractivity contribution in [3.05, 3.63) is 65.1 Å². The number of aryl methyl sites for hydroxylation is 1. The molecule has 3 aromatic heterocycles. The van der Waals surface area contributed by atoms with Crippen LogP contribution in [0, 0.1) is 12.8 Å². The van der Waals surface area contributed by atoms with Crippen LogP contribution in [0.1, 0.15) is 5.82 Å². The Bertz CT molecular complexity index is 934. The second kappa shape index (κ2) is 6.43. The molecule has 0 unspecified atom stereocenters. The molecule has 1 aliphatic rings. The van der Waals surface area contributed by atoms with Crippen molar-refractivity contribution < 1.29 is 0 Å². The van der Waals surface area contributed by atoms with Crippen LogP contribution in [0.15, 0.2) is 53.7 Å². The SMILES string of the molecule is Cc1nccc(N2CC(Cn3nc(-c4cccnc4)ccc3=O)C2)n1. The minimum absolute atomic E-state index is 0.0797. The normalized spacial score (nSPS) is 14.4. The van der Waals surface area contributed by atoms with Crippen molar-refractivity contribution in [3.8, 4) is 11.3 Å². The third-order valence-corrected chi connectivity index (χ3v) is 4.30. The first-order chi connectivity index (χ1) is 12.2. The number of hydrogen-bond donors (Lipinski definition) is 0. The van der Waals surface area contributed by atoms with Crippen LogP contribution in [-0.2, 0) is 6.54 Å². The number of hydrogen-bond acceptors (Lipinski definition) is 6. The number of rotatable bonds is 4. The van der Waals surface area contributed by atoms with E-state index in [-0.39, 0.29) is 5.56 Å². The minimum atomic E-state index is -0.0797. The van der Waals surface area contributed by atoms with Gasteiger partial charge in [-0.05, 0) is 31.2 Å². The molecular formula is C18H18N6O. The molecule has 3 aromatic rings. The highest BCUT2D eigenvalue weighted by atomic mass is 16.1. The monoisotopic (exact) mass is 334 g/mol. The van der Waals surface area contributed by atoms with E-state index in [0.29, 0.717) is 12.5 Å². The predicted molar refractivity (Wildman–Crippen MR) is 94.2 cm³/mol. The summed E-state index contributed by atoms with van der Waals surface area (Å²) in [6.45, 7) is 4.21. The summed E-state index contributed by atoms with van der Waals surface area (Å²) in [5.41, 5.74) is 1.59. The van der Waals surface area contributed by atoms with E-state index in [1.54, 1.807) is 35.4 Å². The Hall–Kier alpha value is -3.09. The summed E-state index contributed by atoms with van der Waals surface area (Å²) in [6, 6.07) is 9.02. The molecule has 0 N–H and O–H groups in total. The molecular weight excluding hydrogens is 316 g/mol. The molecule has 4 rings (SSSR count). The van der Waals surface area contributed by atoms with Crippen LogP contribution in [-0.4, -0.2) is 37.8 Å². The summed E-state index contributed by atoms with van der Waals surface area (Å²) < 4.78 is 1.55. The topological polar surface area (TPSA) is 76.8 Å². The van der Waals surface area contributed by atoms with E-state index >= 15 is 0 Å². The number of pyridine rings is 1. The molecule has 0 atom stereocenters. The average molecular weight is 334 g/mol. The number of nitrogens with zero attached hydrogens (tertiary/aromatic N) is 6. The smallest absolute Gasteiger partial charge is 0.266 e. The second-order valence-electron chi connectivity index (χ2n) is 6.21. The Morgan fingerprint density at radius 3 is 2.80 bits per heavy atom. The van der Waals surface area contributed by atoms with Gasteiger partial charge in [0.05, 0.1) is 12.2 Å². The van der Waals surface area contributed by atoms with Crippen molar-refractivity contribution in [2.24, 2.45) is 5.92 Å². The van der Waals surface area contributed by atoms with Crippen LogP contribution in [0.4, 0.5) is 5.82 Å².